The minimum Gasteiger partial charge on any atom is -0.489 e. The summed E-state index contributed by atoms with van der Waals surface area (Å²) in [5, 5.41) is 0. The molecule has 0 unspecified atom stereocenters. The topological polar surface area (TPSA) is 86.7 Å². The molecule has 0 aliphatic heterocycles. The fourth-order valence-electron chi connectivity index (χ4n) is 1.85. The molecule has 0 radical (unpaired) electrons. The van der Waals surface area contributed by atoms with E-state index in [4.69, 9.17) is 19.7 Å². The van der Waals surface area contributed by atoms with E-state index >= 15 is 0 Å². The van der Waals surface area contributed by atoms with Crippen LogP contribution in [0.5, 0.6) is 5.75 Å². The van der Waals surface area contributed by atoms with Gasteiger partial charge in [0.25, 0.3) is 0 Å². The summed E-state index contributed by atoms with van der Waals surface area (Å²) in [4.78, 5) is 11.5. The largest absolute Gasteiger partial charge is 0.489 e. The second kappa shape index (κ2) is 7.47. The van der Waals surface area contributed by atoms with Gasteiger partial charge in [0, 0.05) is 12.7 Å². The molecule has 1 heterocycles. The van der Waals surface area contributed by atoms with Crippen LogP contribution in [0.15, 0.2) is 41.0 Å². The van der Waals surface area contributed by atoms with Gasteiger partial charge in [-0.05, 0) is 30.2 Å². The second-order valence-corrected chi connectivity index (χ2v) is 4.42. The van der Waals surface area contributed by atoms with Gasteiger partial charge < -0.3 is 13.9 Å². The van der Waals surface area contributed by atoms with Crippen LogP contribution >= 0.6 is 0 Å². The van der Waals surface area contributed by atoms with E-state index in [1.165, 1.54) is 11.8 Å². The molecule has 21 heavy (non-hydrogen) atoms. The van der Waals surface area contributed by atoms with E-state index in [1.54, 1.807) is 13.2 Å². The van der Waals surface area contributed by atoms with Gasteiger partial charge in [-0.1, -0.05) is 12.1 Å². The molecule has 3 N–H and O–H groups in total. The highest BCUT2D eigenvalue weighted by Crippen LogP contribution is 2.17. The maximum absolute atomic E-state index is 11.5. The summed E-state index contributed by atoms with van der Waals surface area (Å²) in [7, 11) is 1.68. The summed E-state index contributed by atoms with van der Waals surface area (Å²) in [6, 6.07) is 9.41. The van der Waals surface area contributed by atoms with E-state index < -0.39 is 5.91 Å². The summed E-state index contributed by atoms with van der Waals surface area (Å²) in [5.41, 5.74) is 3.85. The van der Waals surface area contributed by atoms with Crippen molar-refractivity contribution in [2.45, 2.75) is 13.0 Å². The third-order valence-corrected chi connectivity index (χ3v) is 3.00. The fourth-order valence-corrected chi connectivity index (χ4v) is 1.85. The Kier molecular flexibility index (Phi) is 5.36. The average Bonchev–Trinajstić information content (AvgIpc) is 2.99. The summed E-state index contributed by atoms with van der Waals surface area (Å²) >= 11 is 0. The van der Waals surface area contributed by atoms with Crippen molar-refractivity contribution in [3.8, 4) is 5.75 Å². The first kappa shape index (κ1) is 15.1. The molecule has 0 saturated carbocycles. The van der Waals surface area contributed by atoms with Crippen LogP contribution in [0.1, 0.15) is 21.7 Å². The van der Waals surface area contributed by atoms with E-state index in [1.807, 2.05) is 29.7 Å². The molecule has 0 saturated heterocycles. The lowest BCUT2D eigenvalue weighted by Gasteiger charge is -2.07. The molecule has 0 bridgehead atoms. The molecule has 0 atom stereocenters. The average molecular weight is 290 g/mol. The third-order valence-electron chi connectivity index (χ3n) is 3.00. The molecule has 0 fully saturated rings. The fraction of sp³-hybridized carbons (Fsp3) is 0.267. The van der Waals surface area contributed by atoms with E-state index in [2.05, 4.69) is 0 Å². The Morgan fingerprint density at radius 2 is 2.05 bits per heavy atom. The second-order valence-electron chi connectivity index (χ2n) is 4.42. The number of benzene rings is 1. The highest BCUT2D eigenvalue weighted by molar-refractivity contribution is 5.92. The monoisotopic (exact) mass is 290 g/mol. The summed E-state index contributed by atoms with van der Waals surface area (Å²) in [5.74, 6) is 5.49. The number of hydrogen-bond donors (Lipinski definition) is 2. The molecule has 2 rings (SSSR count). The maximum Gasteiger partial charge on any atom is 0.301 e. The Morgan fingerprint density at radius 3 is 2.71 bits per heavy atom. The number of amides is 1. The zero-order chi connectivity index (χ0) is 15.1. The molecule has 0 aliphatic rings. The van der Waals surface area contributed by atoms with Crippen LogP contribution < -0.4 is 16.0 Å². The number of nitrogens with two attached hydrogens (primary N) is 1. The smallest absolute Gasteiger partial charge is 0.301 e. The SMILES string of the molecule is COCCc1ccc(OCc2ccoc2C(=O)NN)cc1. The molecule has 112 valence electrons. The van der Waals surface area contributed by atoms with Gasteiger partial charge in [-0.25, -0.2) is 5.84 Å². The summed E-state index contributed by atoms with van der Waals surface area (Å²) in [6.45, 7) is 0.920. The number of hydrazine groups is 1. The predicted octanol–water partition coefficient (Wildman–Crippen LogP) is 1.65. The Labute approximate surface area is 122 Å². The number of carbonyl (C=O) groups is 1. The van der Waals surface area contributed by atoms with Crippen LogP contribution in [-0.4, -0.2) is 19.6 Å². The highest BCUT2D eigenvalue weighted by Gasteiger charge is 2.14. The first-order chi connectivity index (χ1) is 10.2. The summed E-state index contributed by atoms with van der Waals surface area (Å²) in [6.07, 6.45) is 2.29. The standard InChI is InChI=1S/C15H18N2O4/c1-19-8-6-11-2-4-13(5-3-11)21-10-12-7-9-20-14(12)15(18)17-16/h2-5,7,9H,6,8,10,16H2,1H3,(H,17,18). The van der Waals surface area contributed by atoms with Crippen LogP contribution in [0.25, 0.3) is 0 Å². The Balaban J connectivity index is 1.94. The van der Waals surface area contributed by atoms with Gasteiger partial charge in [0.05, 0.1) is 12.9 Å². The van der Waals surface area contributed by atoms with Crippen LogP contribution in [0.3, 0.4) is 0 Å². The maximum atomic E-state index is 11.5. The van der Waals surface area contributed by atoms with Crippen molar-refractivity contribution in [2.75, 3.05) is 13.7 Å². The lowest BCUT2D eigenvalue weighted by atomic mass is 10.1. The van der Waals surface area contributed by atoms with Crippen molar-refractivity contribution in [2.24, 2.45) is 5.84 Å². The number of furan rings is 1. The van der Waals surface area contributed by atoms with Crippen molar-refractivity contribution >= 4 is 5.91 Å². The Bertz CT molecular complexity index is 578. The molecule has 0 aliphatic carbocycles. The number of methoxy groups -OCH3 is 1. The number of carbonyl (C=O) groups excluding carboxylic acids is 1. The highest BCUT2D eigenvalue weighted by atomic mass is 16.5. The van der Waals surface area contributed by atoms with E-state index in [0.29, 0.717) is 12.2 Å². The molecule has 1 amide bonds. The normalized spacial score (nSPS) is 10.4. The third kappa shape index (κ3) is 4.08. The Hall–Kier alpha value is -2.31. The van der Waals surface area contributed by atoms with Gasteiger partial charge in [0.2, 0.25) is 0 Å². The molecule has 0 spiro atoms. The number of nitrogens with one attached hydrogen (secondary N) is 1. The number of hydrogen-bond acceptors (Lipinski definition) is 5. The minimum atomic E-state index is -0.478. The zero-order valence-electron chi connectivity index (χ0n) is 11.8. The molecular weight excluding hydrogens is 272 g/mol. The lowest BCUT2D eigenvalue weighted by Crippen LogP contribution is -2.30. The molecule has 6 heteroatoms. The van der Waals surface area contributed by atoms with E-state index in [-0.39, 0.29) is 12.4 Å². The Morgan fingerprint density at radius 1 is 1.29 bits per heavy atom. The predicted molar refractivity (Wildman–Crippen MR) is 76.7 cm³/mol. The van der Waals surface area contributed by atoms with Gasteiger partial charge in [-0.15, -0.1) is 0 Å². The zero-order valence-corrected chi connectivity index (χ0v) is 11.8. The van der Waals surface area contributed by atoms with Gasteiger partial charge >= 0.3 is 5.91 Å². The van der Waals surface area contributed by atoms with Crippen molar-refractivity contribution in [1.29, 1.82) is 0 Å². The van der Waals surface area contributed by atoms with Crippen molar-refractivity contribution in [1.82, 2.24) is 5.43 Å². The molecule has 1 aromatic carbocycles. The van der Waals surface area contributed by atoms with Crippen LogP contribution in [0.4, 0.5) is 0 Å². The van der Waals surface area contributed by atoms with Crippen LogP contribution in [0, 0.1) is 0 Å². The van der Waals surface area contributed by atoms with Gasteiger partial charge in [0.15, 0.2) is 5.76 Å². The molecule has 6 nitrogen and oxygen atoms in total. The quantitative estimate of drug-likeness (QED) is 0.460. The minimum absolute atomic E-state index is 0.161. The number of ether oxygens (including phenoxy) is 2. The number of nitrogen functional groups attached to an aromatic ring is 1. The number of rotatable bonds is 7. The van der Waals surface area contributed by atoms with Gasteiger partial charge in [-0.3, -0.25) is 10.2 Å². The van der Waals surface area contributed by atoms with Crippen molar-refractivity contribution < 1.29 is 18.7 Å². The van der Waals surface area contributed by atoms with Crippen LogP contribution in [-0.2, 0) is 17.8 Å². The first-order valence-corrected chi connectivity index (χ1v) is 6.52. The first-order valence-electron chi connectivity index (χ1n) is 6.52. The molecule has 2 aromatic rings. The summed E-state index contributed by atoms with van der Waals surface area (Å²) < 4.78 is 15.7. The van der Waals surface area contributed by atoms with Crippen molar-refractivity contribution in [3.63, 3.8) is 0 Å². The van der Waals surface area contributed by atoms with Crippen molar-refractivity contribution in [3.05, 3.63) is 53.5 Å². The van der Waals surface area contributed by atoms with Gasteiger partial charge in [0.1, 0.15) is 12.4 Å². The van der Waals surface area contributed by atoms with E-state index in [9.17, 15) is 4.79 Å². The molecule has 1 aromatic heterocycles. The van der Waals surface area contributed by atoms with Crippen LogP contribution in [0.2, 0.25) is 0 Å². The van der Waals surface area contributed by atoms with E-state index in [0.717, 1.165) is 12.2 Å². The van der Waals surface area contributed by atoms with Gasteiger partial charge in [-0.2, -0.15) is 0 Å². The lowest BCUT2D eigenvalue weighted by molar-refractivity contribution is 0.0922. The molecular formula is C15H18N2O4.